The van der Waals surface area contributed by atoms with Crippen LogP contribution in [-0.2, 0) is 6.18 Å². The fraction of sp³-hybridized carbons (Fsp3) is 0.0833. The Morgan fingerprint density at radius 2 is 1.59 bits per heavy atom. The van der Waals surface area contributed by atoms with Crippen molar-refractivity contribution in [1.82, 2.24) is 4.98 Å². The summed E-state index contributed by atoms with van der Waals surface area (Å²) in [5.74, 6) is -1.12. The van der Waals surface area contributed by atoms with Gasteiger partial charge in [-0.05, 0) is 11.6 Å². The maximum absolute atomic E-state index is 13.5. The first-order valence-electron chi connectivity index (χ1n) is 4.77. The molecule has 0 N–H and O–H groups in total. The van der Waals surface area contributed by atoms with Crippen LogP contribution in [0.25, 0.3) is 11.1 Å². The lowest BCUT2D eigenvalue weighted by Crippen LogP contribution is -2.09. The Kier molecular flexibility index (Phi) is 2.83. The summed E-state index contributed by atoms with van der Waals surface area (Å²) in [7, 11) is 0. The van der Waals surface area contributed by atoms with Gasteiger partial charge < -0.3 is 0 Å². The van der Waals surface area contributed by atoms with Crippen LogP contribution in [0, 0.1) is 5.95 Å². The van der Waals surface area contributed by atoms with Gasteiger partial charge in [0, 0.05) is 11.8 Å². The summed E-state index contributed by atoms with van der Waals surface area (Å²) in [5.41, 5.74) is -1.37. The van der Waals surface area contributed by atoms with Crippen LogP contribution in [0.5, 0.6) is 0 Å². The molecule has 1 nitrogen and oxygen atoms in total. The zero-order valence-electron chi connectivity index (χ0n) is 8.50. The smallest absolute Gasteiger partial charge is 0.228 e. The SMILES string of the molecule is Fc1nccc(C(F)(F)F)c1-c1ccccc1. The number of rotatable bonds is 1. The first kappa shape index (κ1) is 11.6. The summed E-state index contributed by atoms with van der Waals surface area (Å²) in [5, 5.41) is 0. The van der Waals surface area contributed by atoms with Gasteiger partial charge in [-0.25, -0.2) is 4.98 Å². The first-order valence-corrected chi connectivity index (χ1v) is 4.77. The van der Waals surface area contributed by atoms with E-state index >= 15 is 0 Å². The van der Waals surface area contributed by atoms with E-state index in [2.05, 4.69) is 4.98 Å². The van der Waals surface area contributed by atoms with E-state index < -0.39 is 23.3 Å². The minimum atomic E-state index is -4.60. The van der Waals surface area contributed by atoms with Crippen molar-refractivity contribution in [2.45, 2.75) is 6.18 Å². The molecule has 0 aliphatic carbocycles. The first-order chi connectivity index (χ1) is 8.00. The molecule has 1 aromatic heterocycles. The number of aromatic nitrogens is 1. The van der Waals surface area contributed by atoms with E-state index in [1.807, 2.05) is 0 Å². The molecule has 2 aromatic rings. The van der Waals surface area contributed by atoms with Crippen molar-refractivity contribution in [3.63, 3.8) is 0 Å². The summed E-state index contributed by atoms with van der Waals surface area (Å²) in [4.78, 5) is 3.26. The molecule has 5 heteroatoms. The third-order valence-corrected chi connectivity index (χ3v) is 2.27. The lowest BCUT2D eigenvalue weighted by molar-refractivity contribution is -0.137. The highest BCUT2D eigenvalue weighted by molar-refractivity contribution is 5.67. The topological polar surface area (TPSA) is 12.9 Å². The summed E-state index contributed by atoms with van der Waals surface area (Å²) < 4.78 is 51.6. The molecule has 0 saturated heterocycles. The van der Waals surface area contributed by atoms with Gasteiger partial charge >= 0.3 is 6.18 Å². The molecule has 0 radical (unpaired) electrons. The van der Waals surface area contributed by atoms with E-state index in [9.17, 15) is 17.6 Å². The van der Waals surface area contributed by atoms with E-state index in [0.717, 1.165) is 12.3 Å². The quantitative estimate of drug-likeness (QED) is 0.545. The van der Waals surface area contributed by atoms with Crippen LogP contribution in [0.15, 0.2) is 42.6 Å². The lowest BCUT2D eigenvalue weighted by Gasteiger charge is -2.12. The molecule has 0 atom stereocenters. The predicted octanol–water partition coefficient (Wildman–Crippen LogP) is 3.91. The zero-order valence-corrected chi connectivity index (χ0v) is 8.50. The molecule has 0 aliphatic rings. The molecule has 0 spiro atoms. The van der Waals surface area contributed by atoms with Gasteiger partial charge in [0.15, 0.2) is 0 Å². The number of benzene rings is 1. The Morgan fingerprint density at radius 3 is 2.18 bits per heavy atom. The van der Waals surface area contributed by atoms with Gasteiger partial charge in [-0.3, -0.25) is 0 Å². The summed E-state index contributed by atoms with van der Waals surface area (Å²) in [6, 6.07) is 8.32. The van der Waals surface area contributed by atoms with E-state index in [1.165, 1.54) is 12.1 Å². The molecule has 1 aromatic carbocycles. The van der Waals surface area contributed by atoms with Crippen molar-refractivity contribution in [2.75, 3.05) is 0 Å². The van der Waals surface area contributed by atoms with Crippen LogP contribution in [0.2, 0.25) is 0 Å². The second-order valence-electron chi connectivity index (χ2n) is 3.39. The molecule has 0 saturated carbocycles. The van der Waals surface area contributed by atoms with Crippen LogP contribution < -0.4 is 0 Å². The number of pyridine rings is 1. The van der Waals surface area contributed by atoms with Gasteiger partial charge in [0.2, 0.25) is 5.95 Å². The molecule has 1 heterocycles. The van der Waals surface area contributed by atoms with Gasteiger partial charge in [0.05, 0.1) is 5.56 Å². The third-order valence-electron chi connectivity index (χ3n) is 2.27. The molecule has 0 bridgehead atoms. The minimum Gasteiger partial charge on any atom is -0.228 e. The highest BCUT2D eigenvalue weighted by Gasteiger charge is 2.35. The summed E-state index contributed by atoms with van der Waals surface area (Å²) in [6.07, 6.45) is -3.79. The van der Waals surface area contributed by atoms with Crippen molar-refractivity contribution >= 4 is 0 Å². The molecule has 2 rings (SSSR count). The molecule has 0 fully saturated rings. The van der Waals surface area contributed by atoms with Gasteiger partial charge in [-0.2, -0.15) is 17.6 Å². The van der Waals surface area contributed by atoms with Crippen LogP contribution >= 0.6 is 0 Å². The largest absolute Gasteiger partial charge is 0.417 e. The van der Waals surface area contributed by atoms with Crippen molar-refractivity contribution < 1.29 is 17.6 Å². The fourth-order valence-electron chi connectivity index (χ4n) is 1.55. The number of halogens is 4. The standard InChI is InChI=1S/C12H7F4N/c13-11-10(8-4-2-1-3-5-8)9(6-7-17-11)12(14,15)16/h1-7H. The summed E-state index contributed by atoms with van der Waals surface area (Å²) in [6.45, 7) is 0. The Balaban J connectivity index is 2.69. The van der Waals surface area contributed by atoms with Crippen molar-refractivity contribution in [1.29, 1.82) is 0 Å². The molecule has 0 unspecified atom stereocenters. The van der Waals surface area contributed by atoms with Crippen LogP contribution in [-0.4, -0.2) is 4.98 Å². The predicted molar refractivity (Wildman–Crippen MR) is 54.6 cm³/mol. The third kappa shape index (κ3) is 2.27. The zero-order chi connectivity index (χ0) is 12.5. The lowest BCUT2D eigenvalue weighted by atomic mass is 10.0. The molecule has 17 heavy (non-hydrogen) atoms. The van der Waals surface area contributed by atoms with E-state index in [0.29, 0.717) is 0 Å². The maximum atomic E-state index is 13.5. The minimum absolute atomic E-state index is 0.158. The van der Waals surface area contributed by atoms with Crippen LogP contribution in [0.3, 0.4) is 0 Å². The maximum Gasteiger partial charge on any atom is 0.417 e. The monoisotopic (exact) mass is 241 g/mol. The molecule has 0 amide bonds. The van der Waals surface area contributed by atoms with E-state index in [1.54, 1.807) is 18.2 Å². The molecular weight excluding hydrogens is 234 g/mol. The van der Waals surface area contributed by atoms with Gasteiger partial charge in [0.25, 0.3) is 0 Å². The van der Waals surface area contributed by atoms with Crippen molar-refractivity contribution in [3.8, 4) is 11.1 Å². The average molecular weight is 241 g/mol. The fourth-order valence-corrected chi connectivity index (χ4v) is 1.55. The average Bonchev–Trinajstić information content (AvgIpc) is 2.28. The second kappa shape index (κ2) is 4.16. The molecular formula is C12H7F4N. The number of nitrogens with zero attached hydrogens (tertiary/aromatic N) is 1. The van der Waals surface area contributed by atoms with Gasteiger partial charge in [0.1, 0.15) is 0 Å². The Labute approximate surface area is 94.7 Å². The second-order valence-corrected chi connectivity index (χ2v) is 3.39. The van der Waals surface area contributed by atoms with Crippen LogP contribution in [0.4, 0.5) is 17.6 Å². The highest BCUT2D eigenvalue weighted by atomic mass is 19.4. The van der Waals surface area contributed by atoms with Gasteiger partial charge in [-0.15, -0.1) is 0 Å². The van der Waals surface area contributed by atoms with E-state index in [-0.39, 0.29) is 5.56 Å². The number of hydrogen-bond acceptors (Lipinski definition) is 1. The van der Waals surface area contributed by atoms with Crippen molar-refractivity contribution in [3.05, 3.63) is 54.1 Å². The van der Waals surface area contributed by atoms with Gasteiger partial charge in [-0.1, -0.05) is 30.3 Å². The summed E-state index contributed by atoms with van der Waals surface area (Å²) >= 11 is 0. The Morgan fingerprint density at radius 1 is 0.941 bits per heavy atom. The number of alkyl halides is 3. The van der Waals surface area contributed by atoms with E-state index in [4.69, 9.17) is 0 Å². The molecule has 0 aliphatic heterocycles. The normalized spacial score (nSPS) is 11.5. The van der Waals surface area contributed by atoms with Crippen LogP contribution in [0.1, 0.15) is 5.56 Å². The Bertz CT molecular complexity index is 520. The highest BCUT2D eigenvalue weighted by Crippen LogP contribution is 2.37. The number of hydrogen-bond donors (Lipinski definition) is 0. The van der Waals surface area contributed by atoms with Crippen molar-refractivity contribution in [2.24, 2.45) is 0 Å². The molecule has 88 valence electrons. The Hall–Kier alpha value is -1.91.